The van der Waals surface area contributed by atoms with Crippen molar-refractivity contribution in [3.63, 3.8) is 0 Å². The van der Waals surface area contributed by atoms with Gasteiger partial charge in [-0.2, -0.15) is 0 Å². The second kappa shape index (κ2) is 4.78. The van der Waals surface area contributed by atoms with Crippen LogP contribution in [0.15, 0.2) is 30.5 Å². The minimum Gasteiger partial charge on any atom is -0.460 e. The number of ether oxygens (including phenoxy) is 1. The predicted octanol–water partition coefficient (Wildman–Crippen LogP) is 2.39. The lowest BCUT2D eigenvalue weighted by molar-refractivity contribution is 0.0513. The fourth-order valence-corrected chi connectivity index (χ4v) is 1.44. The number of benzene rings is 1. The van der Waals surface area contributed by atoms with E-state index in [4.69, 9.17) is 4.74 Å². The third-order valence-electron chi connectivity index (χ3n) is 2.21. The predicted molar refractivity (Wildman–Crippen MR) is 59.9 cm³/mol. The number of hydrogen-bond donors (Lipinski definition) is 1. The maximum absolute atomic E-state index is 13.5. The van der Waals surface area contributed by atoms with E-state index in [9.17, 15) is 9.18 Å². The standard InChI is InChI=1S/C12H11FN2O2/c1-2-17-12(16)11-14-7-10(15-11)8-5-3-4-6-9(8)13/h3-7H,2H2,1H3,(H,14,15). The fraction of sp³-hybridized carbons (Fsp3) is 0.167. The van der Waals surface area contributed by atoms with Crippen molar-refractivity contribution in [2.45, 2.75) is 6.92 Å². The van der Waals surface area contributed by atoms with Gasteiger partial charge < -0.3 is 9.72 Å². The Balaban J connectivity index is 2.30. The summed E-state index contributed by atoms with van der Waals surface area (Å²) in [6.07, 6.45) is 1.41. The molecule has 1 aromatic carbocycles. The van der Waals surface area contributed by atoms with E-state index in [0.717, 1.165) is 0 Å². The smallest absolute Gasteiger partial charge is 0.374 e. The first-order chi connectivity index (χ1) is 8.22. The van der Waals surface area contributed by atoms with Crippen LogP contribution in [0.3, 0.4) is 0 Å². The van der Waals surface area contributed by atoms with Crippen LogP contribution in [0, 0.1) is 5.82 Å². The Bertz CT molecular complexity index is 537. The van der Waals surface area contributed by atoms with Gasteiger partial charge in [0.05, 0.1) is 18.5 Å². The summed E-state index contributed by atoms with van der Waals surface area (Å²) in [7, 11) is 0. The zero-order valence-corrected chi connectivity index (χ0v) is 9.24. The molecule has 0 unspecified atom stereocenters. The minimum absolute atomic E-state index is 0.0742. The van der Waals surface area contributed by atoms with Crippen LogP contribution in [0.5, 0.6) is 0 Å². The molecule has 0 aliphatic carbocycles. The molecule has 5 heteroatoms. The van der Waals surface area contributed by atoms with E-state index in [0.29, 0.717) is 11.3 Å². The normalized spacial score (nSPS) is 10.2. The zero-order valence-electron chi connectivity index (χ0n) is 9.24. The summed E-state index contributed by atoms with van der Waals surface area (Å²) < 4.78 is 18.3. The molecule has 0 aliphatic heterocycles. The number of rotatable bonds is 3. The monoisotopic (exact) mass is 234 g/mol. The molecule has 0 bridgehead atoms. The molecule has 0 spiro atoms. The number of aromatic amines is 1. The molecule has 1 heterocycles. The highest BCUT2D eigenvalue weighted by atomic mass is 19.1. The third-order valence-corrected chi connectivity index (χ3v) is 2.21. The van der Waals surface area contributed by atoms with Gasteiger partial charge in [-0.1, -0.05) is 12.1 Å². The molecule has 0 saturated heterocycles. The zero-order chi connectivity index (χ0) is 12.3. The van der Waals surface area contributed by atoms with Gasteiger partial charge in [-0.3, -0.25) is 0 Å². The van der Waals surface area contributed by atoms with Gasteiger partial charge in [0, 0.05) is 5.56 Å². The van der Waals surface area contributed by atoms with E-state index in [1.165, 1.54) is 12.3 Å². The van der Waals surface area contributed by atoms with Gasteiger partial charge in [-0.15, -0.1) is 0 Å². The van der Waals surface area contributed by atoms with E-state index < -0.39 is 5.97 Å². The number of hydrogen-bond acceptors (Lipinski definition) is 3. The number of carbonyl (C=O) groups is 1. The molecule has 1 N–H and O–H groups in total. The van der Waals surface area contributed by atoms with Crippen LogP contribution >= 0.6 is 0 Å². The summed E-state index contributed by atoms with van der Waals surface area (Å²) in [6, 6.07) is 6.27. The molecule has 2 rings (SSSR count). The molecule has 0 radical (unpaired) electrons. The van der Waals surface area contributed by atoms with E-state index >= 15 is 0 Å². The van der Waals surface area contributed by atoms with Gasteiger partial charge in [-0.05, 0) is 19.1 Å². The number of nitrogens with zero attached hydrogens (tertiary/aromatic N) is 1. The number of imidazole rings is 1. The molecule has 88 valence electrons. The van der Waals surface area contributed by atoms with Crippen LogP contribution in [0.4, 0.5) is 4.39 Å². The molecule has 0 fully saturated rings. The van der Waals surface area contributed by atoms with Crippen molar-refractivity contribution in [2.75, 3.05) is 6.61 Å². The van der Waals surface area contributed by atoms with Gasteiger partial charge in [0.25, 0.3) is 0 Å². The van der Waals surface area contributed by atoms with Gasteiger partial charge in [0.15, 0.2) is 0 Å². The molecule has 2 aromatic rings. The van der Waals surface area contributed by atoms with Crippen LogP contribution in [0.2, 0.25) is 0 Å². The van der Waals surface area contributed by atoms with E-state index in [1.54, 1.807) is 25.1 Å². The lowest BCUT2D eigenvalue weighted by Gasteiger charge is -1.99. The van der Waals surface area contributed by atoms with Crippen LogP contribution in [0.25, 0.3) is 11.3 Å². The van der Waals surface area contributed by atoms with Crippen molar-refractivity contribution in [2.24, 2.45) is 0 Å². The number of H-pyrrole nitrogens is 1. The number of aromatic nitrogens is 2. The largest absolute Gasteiger partial charge is 0.460 e. The molecular formula is C12H11FN2O2. The topological polar surface area (TPSA) is 55.0 Å². The van der Waals surface area contributed by atoms with Gasteiger partial charge in [0.1, 0.15) is 5.82 Å². The van der Waals surface area contributed by atoms with Gasteiger partial charge in [0.2, 0.25) is 5.82 Å². The first kappa shape index (κ1) is 11.3. The second-order valence-electron chi connectivity index (χ2n) is 3.35. The lowest BCUT2D eigenvalue weighted by atomic mass is 10.1. The summed E-state index contributed by atoms with van der Waals surface area (Å²) in [4.78, 5) is 17.9. The lowest BCUT2D eigenvalue weighted by Crippen LogP contribution is -2.06. The number of nitrogens with one attached hydrogen (secondary N) is 1. The molecule has 1 aromatic heterocycles. The molecule has 17 heavy (non-hydrogen) atoms. The van der Waals surface area contributed by atoms with Crippen molar-refractivity contribution in [3.8, 4) is 11.3 Å². The van der Waals surface area contributed by atoms with Crippen molar-refractivity contribution in [3.05, 3.63) is 42.1 Å². The summed E-state index contributed by atoms with van der Waals surface area (Å²) in [5.41, 5.74) is 0.821. The molecule has 0 aliphatic rings. The summed E-state index contributed by atoms with van der Waals surface area (Å²) in [5, 5.41) is 0. The Hall–Kier alpha value is -2.17. The van der Waals surface area contributed by atoms with Crippen LogP contribution in [-0.4, -0.2) is 22.5 Å². The maximum Gasteiger partial charge on any atom is 0.374 e. The Morgan fingerprint density at radius 2 is 2.24 bits per heavy atom. The van der Waals surface area contributed by atoms with Crippen LogP contribution in [-0.2, 0) is 4.74 Å². The highest BCUT2D eigenvalue weighted by molar-refractivity contribution is 5.86. The Morgan fingerprint density at radius 1 is 1.47 bits per heavy atom. The Morgan fingerprint density at radius 3 is 2.94 bits per heavy atom. The van der Waals surface area contributed by atoms with Crippen molar-refractivity contribution < 1.29 is 13.9 Å². The van der Waals surface area contributed by atoms with E-state index in [2.05, 4.69) is 9.97 Å². The Kier molecular flexibility index (Phi) is 3.18. The highest BCUT2D eigenvalue weighted by Gasteiger charge is 2.13. The average molecular weight is 234 g/mol. The van der Waals surface area contributed by atoms with Crippen molar-refractivity contribution in [1.29, 1.82) is 0 Å². The highest BCUT2D eigenvalue weighted by Crippen LogP contribution is 2.20. The maximum atomic E-state index is 13.5. The van der Waals surface area contributed by atoms with Crippen LogP contribution < -0.4 is 0 Å². The summed E-state index contributed by atoms with van der Waals surface area (Å²) in [5.74, 6) is -0.841. The Labute approximate surface area is 97.5 Å². The molecule has 0 saturated carbocycles. The average Bonchev–Trinajstić information content (AvgIpc) is 2.79. The van der Waals surface area contributed by atoms with E-state index in [1.807, 2.05) is 0 Å². The SMILES string of the molecule is CCOC(=O)c1ncc(-c2ccccc2F)[nH]1. The molecule has 0 amide bonds. The van der Waals surface area contributed by atoms with Gasteiger partial charge in [-0.25, -0.2) is 14.2 Å². The molecule has 4 nitrogen and oxygen atoms in total. The molecule has 0 atom stereocenters. The van der Waals surface area contributed by atoms with E-state index in [-0.39, 0.29) is 18.2 Å². The first-order valence-corrected chi connectivity index (χ1v) is 5.19. The number of carbonyl (C=O) groups excluding carboxylic acids is 1. The summed E-state index contributed by atoms with van der Waals surface area (Å²) in [6.45, 7) is 1.98. The molecular weight excluding hydrogens is 223 g/mol. The third kappa shape index (κ3) is 2.33. The second-order valence-corrected chi connectivity index (χ2v) is 3.35. The first-order valence-electron chi connectivity index (χ1n) is 5.19. The number of esters is 1. The quantitative estimate of drug-likeness (QED) is 0.829. The van der Waals surface area contributed by atoms with Crippen molar-refractivity contribution in [1.82, 2.24) is 9.97 Å². The van der Waals surface area contributed by atoms with Crippen LogP contribution in [0.1, 0.15) is 17.5 Å². The number of halogens is 1. The fourth-order valence-electron chi connectivity index (χ4n) is 1.44. The minimum atomic E-state index is -0.546. The van der Waals surface area contributed by atoms with Gasteiger partial charge >= 0.3 is 5.97 Å². The van der Waals surface area contributed by atoms with Crippen molar-refractivity contribution >= 4 is 5.97 Å². The summed E-state index contributed by atoms with van der Waals surface area (Å²) >= 11 is 0.